The number of unbranched alkanes of at least 4 members (excludes halogenated alkanes) is 1. The molecule has 0 spiro atoms. The van der Waals surface area contributed by atoms with Crippen LogP contribution >= 0.6 is 11.6 Å². The summed E-state index contributed by atoms with van der Waals surface area (Å²) in [6.07, 6.45) is 2.52. The SMILES string of the molecule is COCCN(CCC#N)C(=O)CCCCCl. The smallest absolute Gasteiger partial charge is 0.222 e. The number of halogens is 1. The number of carbonyl (C=O) groups excluding carboxylic acids is 1. The molecule has 0 aliphatic rings. The van der Waals surface area contributed by atoms with Crippen LogP contribution in [0.5, 0.6) is 0 Å². The number of methoxy groups -OCH3 is 1. The molecule has 0 saturated heterocycles. The lowest BCUT2D eigenvalue weighted by atomic mass is 10.2. The second-order valence-corrected chi connectivity index (χ2v) is 3.81. The second-order valence-electron chi connectivity index (χ2n) is 3.43. The Kier molecular flexibility index (Phi) is 10.2. The number of rotatable bonds is 9. The first-order valence-electron chi connectivity index (χ1n) is 5.46. The summed E-state index contributed by atoms with van der Waals surface area (Å²) in [5.74, 6) is 0.668. The van der Waals surface area contributed by atoms with Crippen molar-refractivity contribution in [3.8, 4) is 6.07 Å². The maximum absolute atomic E-state index is 11.7. The first-order valence-corrected chi connectivity index (χ1v) is 5.99. The van der Waals surface area contributed by atoms with Gasteiger partial charge in [-0.05, 0) is 12.8 Å². The van der Waals surface area contributed by atoms with Crippen LogP contribution in [0.15, 0.2) is 0 Å². The van der Waals surface area contributed by atoms with Crippen LogP contribution in [0, 0.1) is 11.3 Å². The fourth-order valence-corrected chi connectivity index (χ4v) is 1.47. The number of alkyl halides is 1. The van der Waals surface area contributed by atoms with E-state index in [4.69, 9.17) is 21.6 Å². The molecule has 0 N–H and O–H groups in total. The Morgan fingerprint density at radius 2 is 2.19 bits per heavy atom. The molecule has 0 atom stereocenters. The van der Waals surface area contributed by atoms with E-state index in [1.807, 2.05) is 6.07 Å². The zero-order valence-electron chi connectivity index (χ0n) is 9.75. The number of nitrogens with zero attached hydrogens (tertiary/aromatic N) is 2. The van der Waals surface area contributed by atoms with Gasteiger partial charge >= 0.3 is 0 Å². The number of carbonyl (C=O) groups is 1. The number of amides is 1. The zero-order valence-corrected chi connectivity index (χ0v) is 10.5. The molecule has 0 heterocycles. The quantitative estimate of drug-likeness (QED) is 0.460. The molecule has 0 bridgehead atoms. The Morgan fingerprint density at radius 1 is 1.44 bits per heavy atom. The lowest BCUT2D eigenvalue weighted by Crippen LogP contribution is -2.34. The molecule has 16 heavy (non-hydrogen) atoms. The molecule has 0 aromatic carbocycles. The molecule has 5 heteroatoms. The molecular weight excluding hydrogens is 228 g/mol. The molecule has 4 nitrogen and oxygen atoms in total. The van der Waals surface area contributed by atoms with E-state index in [1.165, 1.54) is 0 Å². The van der Waals surface area contributed by atoms with Crippen molar-refractivity contribution in [3.05, 3.63) is 0 Å². The van der Waals surface area contributed by atoms with E-state index >= 15 is 0 Å². The van der Waals surface area contributed by atoms with Crippen LogP contribution in [0.3, 0.4) is 0 Å². The first kappa shape index (κ1) is 15.2. The molecule has 0 aromatic rings. The number of hydrogen-bond acceptors (Lipinski definition) is 3. The molecule has 92 valence electrons. The molecule has 1 amide bonds. The summed E-state index contributed by atoms with van der Waals surface area (Å²) in [6.45, 7) is 1.55. The van der Waals surface area contributed by atoms with Crippen LogP contribution in [-0.2, 0) is 9.53 Å². The van der Waals surface area contributed by atoms with Crippen LogP contribution < -0.4 is 0 Å². The van der Waals surface area contributed by atoms with Gasteiger partial charge in [-0.15, -0.1) is 11.6 Å². The molecule has 0 saturated carbocycles. The van der Waals surface area contributed by atoms with Crippen molar-refractivity contribution >= 4 is 17.5 Å². The average Bonchev–Trinajstić information content (AvgIpc) is 2.29. The third kappa shape index (κ3) is 7.49. The molecule has 0 radical (unpaired) electrons. The average molecular weight is 247 g/mol. The van der Waals surface area contributed by atoms with E-state index in [0.29, 0.717) is 38.4 Å². The summed E-state index contributed by atoms with van der Waals surface area (Å²) in [6, 6.07) is 2.04. The van der Waals surface area contributed by atoms with Gasteiger partial charge in [-0.1, -0.05) is 0 Å². The van der Waals surface area contributed by atoms with Crippen LogP contribution in [0.4, 0.5) is 0 Å². The summed E-state index contributed by atoms with van der Waals surface area (Å²) < 4.78 is 4.93. The first-order chi connectivity index (χ1) is 7.76. The lowest BCUT2D eigenvalue weighted by molar-refractivity contribution is -0.131. The highest BCUT2D eigenvalue weighted by molar-refractivity contribution is 6.17. The normalized spacial score (nSPS) is 9.81. The van der Waals surface area contributed by atoms with E-state index in [9.17, 15) is 4.79 Å². The summed E-state index contributed by atoms with van der Waals surface area (Å²) in [5, 5.41) is 8.50. The Balaban J connectivity index is 3.94. The maximum Gasteiger partial charge on any atom is 0.222 e. The van der Waals surface area contributed by atoms with E-state index in [0.717, 1.165) is 12.8 Å². The fourth-order valence-electron chi connectivity index (χ4n) is 1.28. The highest BCUT2D eigenvalue weighted by Gasteiger charge is 2.11. The third-order valence-electron chi connectivity index (χ3n) is 2.19. The van der Waals surface area contributed by atoms with Crippen molar-refractivity contribution < 1.29 is 9.53 Å². The Hall–Kier alpha value is -0.790. The van der Waals surface area contributed by atoms with Crippen molar-refractivity contribution in [2.75, 3.05) is 32.7 Å². The maximum atomic E-state index is 11.7. The molecule has 0 aromatic heterocycles. The van der Waals surface area contributed by atoms with E-state index in [1.54, 1.807) is 12.0 Å². The Labute approximate surface area is 102 Å². The fraction of sp³-hybridized carbons (Fsp3) is 0.818. The number of ether oxygens (including phenoxy) is 1. The summed E-state index contributed by atoms with van der Waals surface area (Å²) in [4.78, 5) is 13.4. The van der Waals surface area contributed by atoms with Crippen molar-refractivity contribution in [2.24, 2.45) is 0 Å². The van der Waals surface area contributed by atoms with Crippen LogP contribution in [0.25, 0.3) is 0 Å². The summed E-state index contributed by atoms with van der Waals surface area (Å²) in [5.41, 5.74) is 0. The van der Waals surface area contributed by atoms with Gasteiger partial charge in [0.15, 0.2) is 0 Å². The zero-order chi connectivity index (χ0) is 12.2. The summed E-state index contributed by atoms with van der Waals surface area (Å²) in [7, 11) is 1.60. The standard InChI is InChI=1S/C11H19ClN2O2/c1-16-10-9-14(8-4-7-13)11(15)5-2-3-6-12/h2-6,8-10H2,1H3. The largest absolute Gasteiger partial charge is 0.383 e. The van der Waals surface area contributed by atoms with Gasteiger partial charge in [0, 0.05) is 32.5 Å². The van der Waals surface area contributed by atoms with Crippen molar-refractivity contribution in [1.82, 2.24) is 4.90 Å². The molecule has 0 fully saturated rings. The van der Waals surface area contributed by atoms with E-state index < -0.39 is 0 Å². The third-order valence-corrected chi connectivity index (χ3v) is 2.45. The highest BCUT2D eigenvalue weighted by Crippen LogP contribution is 2.03. The van der Waals surface area contributed by atoms with Gasteiger partial charge in [0.1, 0.15) is 0 Å². The monoisotopic (exact) mass is 246 g/mol. The van der Waals surface area contributed by atoms with Crippen molar-refractivity contribution in [1.29, 1.82) is 5.26 Å². The minimum absolute atomic E-state index is 0.0809. The molecule has 0 aliphatic heterocycles. The van der Waals surface area contributed by atoms with Gasteiger partial charge in [-0.3, -0.25) is 4.79 Å². The predicted molar refractivity (Wildman–Crippen MR) is 63.3 cm³/mol. The lowest BCUT2D eigenvalue weighted by Gasteiger charge is -2.21. The Bertz CT molecular complexity index is 229. The number of nitriles is 1. The molecule has 0 rings (SSSR count). The predicted octanol–water partition coefficient (Wildman–Crippen LogP) is 1.78. The minimum atomic E-state index is 0.0809. The second kappa shape index (κ2) is 10.7. The topological polar surface area (TPSA) is 53.3 Å². The minimum Gasteiger partial charge on any atom is -0.383 e. The van der Waals surface area contributed by atoms with E-state index in [2.05, 4.69) is 0 Å². The van der Waals surface area contributed by atoms with Gasteiger partial charge in [0.25, 0.3) is 0 Å². The molecular formula is C11H19ClN2O2. The van der Waals surface area contributed by atoms with E-state index in [-0.39, 0.29) is 5.91 Å². The van der Waals surface area contributed by atoms with Crippen molar-refractivity contribution in [2.45, 2.75) is 25.7 Å². The van der Waals surface area contributed by atoms with Crippen molar-refractivity contribution in [3.63, 3.8) is 0 Å². The molecule has 0 unspecified atom stereocenters. The summed E-state index contributed by atoms with van der Waals surface area (Å²) >= 11 is 5.54. The van der Waals surface area contributed by atoms with Gasteiger partial charge in [0.2, 0.25) is 5.91 Å². The van der Waals surface area contributed by atoms with Gasteiger partial charge < -0.3 is 9.64 Å². The van der Waals surface area contributed by atoms with Gasteiger partial charge in [-0.2, -0.15) is 5.26 Å². The van der Waals surface area contributed by atoms with Gasteiger partial charge in [-0.25, -0.2) is 0 Å². The Morgan fingerprint density at radius 3 is 2.75 bits per heavy atom. The van der Waals surface area contributed by atoms with Crippen LogP contribution in [0.2, 0.25) is 0 Å². The van der Waals surface area contributed by atoms with Gasteiger partial charge in [0.05, 0.1) is 19.1 Å². The number of hydrogen-bond donors (Lipinski definition) is 0. The van der Waals surface area contributed by atoms with Crippen LogP contribution in [-0.4, -0.2) is 43.5 Å². The molecule has 0 aliphatic carbocycles. The highest BCUT2D eigenvalue weighted by atomic mass is 35.5. The van der Waals surface area contributed by atoms with Crippen LogP contribution in [0.1, 0.15) is 25.7 Å².